The van der Waals surface area contributed by atoms with Gasteiger partial charge in [-0.05, 0) is 38.5 Å². The van der Waals surface area contributed by atoms with E-state index in [4.69, 9.17) is 28.4 Å². The van der Waals surface area contributed by atoms with Crippen molar-refractivity contribution in [2.75, 3.05) is 39.6 Å². The van der Waals surface area contributed by atoms with Crippen molar-refractivity contribution in [3.05, 3.63) is 46.8 Å². The number of hydrogen-bond donors (Lipinski definition) is 0. The first kappa shape index (κ1) is 34.5. The highest BCUT2D eigenvalue weighted by molar-refractivity contribution is 7.08. The van der Waals surface area contributed by atoms with Gasteiger partial charge in [0, 0.05) is 34.7 Å². The van der Waals surface area contributed by atoms with Gasteiger partial charge in [0.1, 0.15) is 25.9 Å². The van der Waals surface area contributed by atoms with Gasteiger partial charge < -0.3 is 28.4 Å². The van der Waals surface area contributed by atoms with Gasteiger partial charge in [0.05, 0.1) is 6.61 Å². The van der Waals surface area contributed by atoms with Crippen LogP contribution in [0.25, 0.3) is 0 Å². The van der Waals surface area contributed by atoms with Gasteiger partial charge in [-0.25, -0.2) is 0 Å². The summed E-state index contributed by atoms with van der Waals surface area (Å²) in [6, 6.07) is 0. The second-order valence-electron chi connectivity index (χ2n) is 10.8. The van der Waals surface area contributed by atoms with Gasteiger partial charge >= 0.3 is 0 Å². The first-order valence-corrected chi connectivity index (χ1v) is 17.8. The Balaban J connectivity index is 0.000000230. The lowest BCUT2D eigenvalue weighted by molar-refractivity contribution is 0.00106. The van der Waals surface area contributed by atoms with Crippen LogP contribution in [-0.4, -0.2) is 51.8 Å². The third kappa shape index (κ3) is 14.5. The molecule has 6 nitrogen and oxygen atoms in total. The smallest absolute Gasteiger partial charge is 0.172 e. The standard InChI is InChI=1S/2C17H26O3S/c1-2-3-4-5-6-7-8-9-10-18-15-11-19-16-13-21-14-17(16)20-12-15;1-2-3-4-5-6-7-8-9-10-18-11-15-12-19-16-13-21-14-17(16)20-15/h2*2,13-15H,1,3-12H2. The van der Waals surface area contributed by atoms with Crippen LogP contribution in [0.2, 0.25) is 0 Å². The Morgan fingerprint density at radius 3 is 1.69 bits per heavy atom. The zero-order chi connectivity index (χ0) is 29.5. The Kier molecular flexibility index (Phi) is 18.5. The normalized spacial score (nSPS) is 15.9. The van der Waals surface area contributed by atoms with Crippen molar-refractivity contribution < 1.29 is 28.4 Å². The molecule has 0 bridgehead atoms. The first-order chi connectivity index (χ1) is 20.8. The third-order valence-corrected chi connectivity index (χ3v) is 8.56. The van der Waals surface area contributed by atoms with Crippen molar-refractivity contribution in [1.82, 2.24) is 0 Å². The Hall–Kier alpha value is -2.00. The molecule has 0 fully saturated rings. The van der Waals surface area contributed by atoms with E-state index in [1.807, 2.05) is 33.7 Å². The maximum absolute atomic E-state index is 5.85. The van der Waals surface area contributed by atoms with Crippen LogP contribution < -0.4 is 18.9 Å². The summed E-state index contributed by atoms with van der Waals surface area (Å²) >= 11 is 3.21. The Bertz CT molecular complexity index is 927. The van der Waals surface area contributed by atoms with Crippen molar-refractivity contribution >= 4 is 22.7 Å². The van der Waals surface area contributed by atoms with Crippen LogP contribution in [0, 0.1) is 0 Å². The molecule has 8 heteroatoms. The highest BCUT2D eigenvalue weighted by atomic mass is 32.1. The SMILES string of the molecule is C=CCCCCCCCCOC1COc2cscc2OC1.C=CCCCCCCCCOCC1COc2cscc2O1. The summed E-state index contributed by atoms with van der Waals surface area (Å²) in [6.07, 6.45) is 21.6. The number of hydrogen-bond acceptors (Lipinski definition) is 8. The summed E-state index contributed by atoms with van der Waals surface area (Å²) in [4.78, 5) is 0. The van der Waals surface area contributed by atoms with Crippen LogP contribution in [0.1, 0.15) is 89.9 Å². The van der Waals surface area contributed by atoms with E-state index in [1.54, 1.807) is 22.7 Å². The molecule has 4 rings (SSSR count). The molecule has 0 spiro atoms. The minimum atomic E-state index is 0.0333. The monoisotopic (exact) mass is 620 g/mol. The molecule has 4 heterocycles. The highest BCUT2D eigenvalue weighted by Gasteiger charge is 2.22. The van der Waals surface area contributed by atoms with Gasteiger partial charge in [-0.15, -0.1) is 35.8 Å². The van der Waals surface area contributed by atoms with Crippen LogP contribution in [0.4, 0.5) is 0 Å². The molecule has 42 heavy (non-hydrogen) atoms. The summed E-state index contributed by atoms with van der Waals surface area (Å²) in [5.41, 5.74) is 0. The lowest BCUT2D eigenvalue weighted by Crippen LogP contribution is -2.33. The van der Waals surface area contributed by atoms with E-state index in [0.717, 1.165) is 61.9 Å². The van der Waals surface area contributed by atoms with Crippen molar-refractivity contribution in [3.8, 4) is 23.0 Å². The van der Waals surface area contributed by atoms with Crippen LogP contribution in [0.15, 0.2) is 46.8 Å². The molecule has 236 valence electrons. The highest BCUT2D eigenvalue weighted by Crippen LogP contribution is 2.35. The summed E-state index contributed by atoms with van der Waals surface area (Å²) in [6.45, 7) is 11.5. The molecule has 0 N–H and O–H groups in total. The van der Waals surface area contributed by atoms with E-state index < -0.39 is 0 Å². The fourth-order valence-corrected chi connectivity index (χ4v) is 6.05. The molecule has 0 aromatic carbocycles. The van der Waals surface area contributed by atoms with E-state index >= 15 is 0 Å². The van der Waals surface area contributed by atoms with E-state index in [0.29, 0.717) is 26.4 Å². The van der Waals surface area contributed by atoms with Crippen molar-refractivity contribution in [3.63, 3.8) is 0 Å². The maximum Gasteiger partial charge on any atom is 0.172 e. The van der Waals surface area contributed by atoms with E-state index in [2.05, 4.69) is 13.2 Å². The number of unbranched alkanes of at least 4 members (excludes halogenated alkanes) is 12. The summed E-state index contributed by atoms with van der Waals surface area (Å²) in [5.74, 6) is 3.43. The van der Waals surface area contributed by atoms with Crippen LogP contribution in [0.5, 0.6) is 23.0 Å². The van der Waals surface area contributed by atoms with Crippen molar-refractivity contribution in [2.24, 2.45) is 0 Å². The number of thiophene rings is 2. The predicted octanol–water partition coefficient (Wildman–Crippen LogP) is 9.64. The number of fused-ring (bicyclic) bond motifs is 2. The Labute approximate surface area is 262 Å². The van der Waals surface area contributed by atoms with Gasteiger partial charge in [-0.1, -0.05) is 63.5 Å². The predicted molar refractivity (Wildman–Crippen MR) is 175 cm³/mol. The molecule has 1 unspecified atom stereocenters. The molecule has 2 aromatic rings. The molecule has 0 radical (unpaired) electrons. The lowest BCUT2D eigenvalue weighted by Gasteiger charge is -2.24. The first-order valence-electron chi connectivity index (χ1n) is 15.9. The molecule has 2 aliphatic heterocycles. The van der Waals surface area contributed by atoms with Gasteiger partial charge in [0.2, 0.25) is 0 Å². The van der Waals surface area contributed by atoms with Crippen molar-refractivity contribution in [1.29, 1.82) is 0 Å². The summed E-state index contributed by atoms with van der Waals surface area (Å²) < 4.78 is 34.3. The van der Waals surface area contributed by atoms with Crippen LogP contribution in [0.3, 0.4) is 0 Å². The van der Waals surface area contributed by atoms with Crippen molar-refractivity contribution in [2.45, 2.75) is 102 Å². The van der Waals surface area contributed by atoms with Gasteiger partial charge in [-0.3, -0.25) is 0 Å². The molecular weight excluding hydrogens is 569 g/mol. The topological polar surface area (TPSA) is 55.4 Å². The van der Waals surface area contributed by atoms with Gasteiger partial charge in [-0.2, -0.15) is 0 Å². The van der Waals surface area contributed by atoms with E-state index in [1.165, 1.54) is 64.2 Å². The fraction of sp³-hybridized carbons (Fsp3) is 0.647. The molecule has 0 aliphatic carbocycles. The largest absolute Gasteiger partial charge is 0.486 e. The molecule has 0 amide bonds. The summed E-state index contributed by atoms with van der Waals surface area (Å²) in [5, 5.41) is 7.91. The van der Waals surface area contributed by atoms with E-state index in [9.17, 15) is 0 Å². The quantitative estimate of drug-likeness (QED) is 0.102. The second-order valence-corrected chi connectivity index (χ2v) is 12.3. The number of allylic oxidation sites excluding steroid dienone is 2. The minimum Gasteiger partial charge on any atom is -0.486 e. The Morgan fingerprint density at radius 1 is 0.619 bits per heavy atom. The lowest BCUT2D eigenvalue weighted by atomic mass is 10.1. The fourth-order valence-electron chi connectivity index (χ4n) is 4.70. The van der Waals surface area contributed by atoms with E-state index in [-0.39, 0.29) is 12.2 Å². The van der Waals surface area contributed by atoms with Crippen LogP contribution in [-0.2, 0) is 9.47 Å². The van der Waals surface area contributed by atoms with Gasteiger partial charge in [0.25, 0.3) is 0 Å². The molecule has 0 saturated carbocycles. The molecular formula is C34H52O6S2. The second kappa shape index (κ2) is 22.5. The zero-order valence-corrected chi connectivity index (χ0v) is 27.1. The average molecular weight is 621 g/mol. The maximum atomic E-state index is 5.85. The molecule has 0 saturated heterocycles. The molecule has 1 atom stereocenters. The average Bonchev–Trinajstić information content (AvgIpc) is 3.63. The Morgan fingerprint density at radius 2 is 1.10 bits per heavy atom. The summed E-state index contributed by atoms with van der Waals surface area (Å²) in [7, 11) is 0. The van der Waals surface area contributed by atoms with Gasteiger partial charge in [0.15, 0.2) is 29.1 Å². The number of ether oxygens (including phenoxy) is 6. The molecule has 2 aromatic heterocycles. The molecule has 2 aliphatic rings. The minimum absolute atomic E-state index is 0.0333. The zero-order valence-electron chi connectivity index (χ0n) is 25.4. The third-order valence-electron chi connectivity index (χ3n) is 7.16. The van der Waals surface area contributed by atoms with Crippen LogP contribution >= 0.6 is 22.7 Å². The number of rotatable bonds is 21.